The van der Waals surface area contributed by atoms with Gasteiger partial charge in [-0.25, -0.2) is 0 Å². The van der Waals surface area contributed by atoms with Crippen LogP contribution < -0.4 is 15.4 Å². The van der Waals surface area contributed by atoms with Crippen molar-refractivity contribution >= 4 is 11.8 Å². The normalized spacial score (nSPS) is 14.7. The molecule has 1 heterocycles. The highest BCUT2D eigenvalue weighted by Gasteiger charge is 2.56. The van der Waals surface area contributed by atoms with E-state index in [0.29, 0.717) is 31.7 Å². The van der Waals surface area contributed by atoms with Crippen molar-refractivity contribution in [1.29, 1.82) is 0 Å². The fraction of sp³-hybridized carbons (Fsp3) is 0.333. The Hall–Kier alpha value is -2.76. The number of rotatable bonds is 7. The van der Waals surface area contributed by atoms with Crippen LogP contribution in [0.4, 0.5) is 0 Å². The fourth-order valence-electron chi connectivity index (χ4n) is 2.53. The maximum atomic E-state index is 12.4. The molecule has 2 aromatic rings. The van der Waals surface area contributed by atoms with Crippen molar-refractivity contribution in [2.45, 2.75) is 25.9 Å². The van der Waals surface area contributed by atoms with Crippen LogP contribution in [-0.4, -0.2) is 18.9 Å². The van der Waals surface area contributed by atoms with E-state index in [0.717, 1.165) is 11.3 Å². The Morgan fingerprint density at radius 3 is 2.29 bits per heavy atom. The predicted octanol–water partition coefficient (Wildman–Crippen LogP) is 2.00. The van der Waals surface area contributed by atoms with Crippen LogP contribution in [0.3, 0.4) is 0 Å². The number of carbonyl (C=O) groups is 2. The second-order valence-corrected chi connectivity index (χ2v) is 5.87. The van der Waals surface area contributed by atoms with Gasteiger partial charge in [-0.2, -0.15) is 0 Å². The van der Waals surface area contributed by atoms with E-state index in [2.05, 4.69) is 10.6 Å². The van der Waals surface area contributed by atoms with E-state index < -0.39 is 5.41 Å². The summed E-state index contributed by atoms with van der Waals surface area (Å²) in [6, 6.07) is 11.0. The van der Waals surface area contributed by atoms with Gasteiger partial charge >= 0.3 is 0 Å². The maximum absolute atomic E-state index is 12.4. The molecule has 126 valence electrons. The van der Waals surface area contributed by atoms with Gasteiger partial charge in [-0.3, -0.25) is 9.59 Å². The fourth-order valence-corrected chi connectivity index (χ4v) is 2.53. The van der Waals surface area contributed by atoms with Gasteiger partial charge in [0, 0.05) is 6.54 Å². The molecule has 2 N–H and O–H groups in total. The highest BCUT2D eigenvalue weighted by atomic mass is 16.5. The second-order valence-electron chi connectivity index (χ2n) is 5.87. The molecule has 0 aliphatic heterocycles. The Balaban J connectivity index is 1.52. The van der Waals surface area contributed by atoms with Gasteiger partial charge in [0.2, 0.25) is 11.8 Å². The van der Waals surface area contributed by atoms with Gasteiger partial charge in [0.1, 0.15) is 16.9 Å². The largest absolute Gasteiger partial charge is 0.497 e. The average molecular weight is 328 g/mol. The number of methoxy groups -OCH3 is 1. The number of furan rings is 1. The number of hydrogen-bond donors (Lipinski definition) is 2. The summed E-state index contributed by atoms with van der Waals surface area (Å²) in [6.07, 6.45) is 2.70. The van der Waals surface area contributed by atoms with Crippen LogP contribution in [-0.2, 0) is 22.7 Å². The molecule has 3 rings (SSSR count). The monoisotopic (exact) mass is 328 g/mol. The molecule has 0 spiro atoms. The molecule has 1 aliphatic carbocycles. The zero-order chi connectivity index (χ0) is 17.0. The van der Waals surface area contributed by atoms with Crippen LogP contribution in [0.25, 0.3) is 0 Å². The summed E-state index contributed by atoms with van der Waals surface area (Å²) < 4.78 is 10.3. The minimum atomic E-state index is -0.931. The molecule has 0 unspecified atom stereocenters. The Bertz CT molecular complexity index is 703. The number of nitrogens with one attached hydrogen (secondary N) is 2. The number of hydrogen-bond acceptors (Lipinski definition) is 4. The summed E-state index contributed by atoms with van der Waals surface area (Å²) in [6.45, 7) is 0.676. The SMILES string of the molecule is COc1ccc(CNC(=O)C2(C(=O)NCc3ccco3)CC2)cc1. The maximum Gasteiger partial charge on any atom is 0.236 e. The molecule has 2 amide bonds. The number of benzene rings is 1. The van der Waals surface area contributed by atoms with Gasteiger partial charge in [0.05, 0.1) is 19.9 Å². The summed E-state index contributed by atoms with van der Waals surface area (Å²) in [4.78, 5) is 24.7. The number of amides is 2. The van der Waals surface area contributed by atoms with E-state index in [4.69, 9.17) is 9.15 Å². The molecule has 0 radical (unpaired) electrons. The first-order chi connectivity index (χ1) is 11.6. The van der Waals surface area contributed by atoms with Crippen molar-refractivity contribution in [1.82, 2.24) is 10.6 Å². The second kappa shape index (κ2) is 6.78. The molecule has 1 fully saturated rings. The van der Waals surface area contributed by atoms with Gasteiger partial charge < -0.3 is 19.8 Å². The van der Waals surface area contributed by atoms with E-state index >= 15 is 0 Å². The first-order valence-electron chi connectivity index (χ1n) is 7.86. The standard InChI is InChI=1S/C18H20N2O4/c1-23-14-6-4-13(5-7-14)11-19-16(21)18(8-9-18)17(22)20-12-15-3-2-10-24-15/h2-7,10H,8-9,11-12H2,1H3,(H,19,21)(H,20,22). The number of carbonyl (C=O) groups excluding carboxylic acids is 2. The van der Waals surface area contributed by atoms with Crippen molar-refractivity contribution in [3.63, 3.8) is 0 Å². The van der Waals surface area contributed by atoms with E-state index in [1.807, 2.05) is 24.3 Å². The quantitative estimate of drug-likeness (QED) is 0.762. The molecule has 0 bridgehead atoms. The molecule has 24 heavy (non-hydrogen) atoms. The number of ether oxygens (including phenoxy) is 1. The molecule has 1 aromatic heterocycles. The zero-order valence-electron chi connectivity index (χ0n) is 13.5. The lowest BCUT2D eigenvalue weighted by atomic mass is 10.0. The Kier molecular flexibility index (Phi) is 4.55. The summed E-state index contributed by atoms with van der Waals surface area (Å²) in [5.74, 6) is 0.959. The molecule has 6 heteroatoms. The summed E-state index contributed by atoms with van der Waals surface area (Å²) in [5.41, 5.74) is 0.0231. The van der Waals surface area contributed by atoms with Crippen molar-refractivity contribution < 1.29 is 18.7 Å². The molecule has 0 saturated heterocycles. The summed E-state index contributed by atoms with van der Waals surface area (Å²) in [5, 5.41) is 5.62. The third-order valence-corrected chi connectivity index (χ3v) is 4.23. The topological polar surface area (TPSA) is 80.6 Å². The summed E-state index contributed by atoms with van der Waals surface area (Å²) >= 11 is 0. The third-order valence-electron chi connectivity index (χ3n) is 4.23. The lowest BCUT2D eigenvalue weighted by molar-refractivity contribution is -0.137. The zero-order valence-corrected chi connectivity index (χ0v) is 13.5. The highest BCUT2D eigenvalue weighted by molar-refractivity contribution is 6.07. The highest BCUT2D eigenvalue weighted by Crippen LogP contribution is 2.46. The smallest absolute Gasteiger partial charge is 0.236 e. The van der Waals surface area contributed by atoms with E-state index in [1.165, 1.54) is 0 Å². The van der Waals surface area contributed by atoms with Crippen LogP contribution in [0.15, 0.2) is 47.1 Å². The molecular weight excluding hydrogens is 308 g/mol. The Labute approximate surface area is 140 Å². The summed E-state index contributed by atoms with van der Waals surface area (Å²) in [7, 11) is 1.61. The molecule has 0 atom stereocenters. The Morgan fingerprint density at radius 2 is 1.75 bits per heavy atom. The molecule has 1 aliphatic rings. The van der Waals surface area contributed by atoms with E-state index in [9.17, 15) is 9.59 Å². The third kappa shape index (κ3) is 3.42. The predicted molar refractivity (Wildman–Crippen MR) is 87.1 cm³/mol. The molecule has 1 aromatic carbocycles. The van der Waals surface area contributed by atoms with Crippen LogP contribution >= 0.6 is 0 Å². The lowest BCUT2D eigenvalue weighted by Crippen LogP contribution is -2.42. The average Bonchev–Trinajstić information content (AvgIpc) is 3.27. The van der Waals surface area contributed by atoms with Crippen LogP contribution in [0.2, 0.25) is 0 Å². The molecule has 1 saturated carbocycles. The van der Waals surface area contributed by atoms with Gasteiger partial charge in [-0.1, -0.05) is 12.1 Å². The Morgan fingerprint density at radius 1 is 1.08 bits per heavy atom. The van der Waals surface area contributed by atoms with Crippen molar-refractivity contribution in [2.75, 3.05) is 7.11 Å². The first-order valence-corrected chi connectivity index (χ1v) is 7.86. The van der Waals surface area contributed by atoms with Gasteiger partial charge in [0.25, 0.3) is 0 Å². The van der Waals surface area contributed by atoms with Gasteiger partial charge in [0.15, 0.2) is 0 Å². The van der Waals surface area contributed by atoms with E-state index in [-0.39, 0.29) is 11.8 Å². The minimum absolute atomic E-state index is 0.227. The minimum Gasteiger partial charge on any atom is -0.497 e. The van der Waals surface area contributed by atoms with Gasteiger partial charge in [-0.05, 0) is 42.7 Å². The van der Waals surface area contributed by atoms with Crippen LogP contribution in [0, 0.1) is 5.41 Å². The van der Waals surface area contributed by atoms with Crippen molar-refractivity contribution in [3.8, 4) is 5.75 Å². The lowest BCUT2D eigenvalue weighted by Gasteiger charge is -2.15. The molecule has 6 nitrogen and oxygen atoms in total. The van der Waals surface area contributed by atoms with Crippen LogP contribution in [0.5, 0.6) is 5.75 Å². The molecular formula is C18H20N2O4. The van der Waals surface area contributed by atoms with Gasteiger partial charge in [-0.15, -0.1) is 0 Å². The first kappa shape index (κ1) is 16.1. The van der Waals surface area contributed by atoms with Crippen LogP contribution in [0.1, 0.15) is 24.2 Å². The van der Waals surface area contributed by atoms with Crippen molar-refractivity contribution in [2.24, 2.45) is 5.41 Å². The van der Waals surface area contributed by atoms with Crippen molar-refractivity contribution in [3.05, 3.63) is 54.0 Å². The van der Waals surface area contributed by atoms with E-state index in [1.54, 1.807) is 25.5 Å².